The lowest BCUT2D eigenvalue weighted by molar-refractivity contribution is -0.152. The number of esters is 1. The Balaban J connectivity index is 2.31. The molecule has 84 valence electrons. The number of unbranched alkanes of at least 4 members (excludes halogenated alkanes) is 1. The predicted octanol–water partition coefficient (Wildman–Crippen LogP) is 0.479. The van der Waals surface area contributed by atoms with Crippen LogP contribution in [0.3, 0.4) is 0 Å². The summed E-state index contributed by atoms with van der Waals surface area (Å²) < 4.78 is 4.86. The van der Waals surface area contributed by atoms with Crippen LogP contribution in [-0.2, 0) is 19.1 Å². The molecule has 0 saturated carbocycles. The summed E-state index contributed by atoms with van der Waals surface area (Å²) in [6.07, 6.45) is 2.16. The summed E-state index contributed by atoms with van der Waals surface area (Å²) in [5, 5.41) is 0. The third-order valence-electron chi connectivity index (χ3n) is 2.20. The van der Waals surface area contributed by atoms with Gasteiger partial charge in [-0.25, -0.2) is 0 Å². The van der Waals surface area contributed by atoms with Gasteiger partial charge in [0, 0.05) is 12.8 Å². The van der Waals surface area contributed by atoms with Gasteiger partial charge in [-0.2, -0.15) is 0 Å². The summed E-state index contributed by atoms with van der Waals surface area (Å²) >= 11 is 0. The van der Waals surface area contributed by atoms with E-state index in [1.165, 1.54) is 0 Å². The molecule has 1 heterocycles. The summed E-state index contributed by atoms with van der Waals surface area (Å²) in [5.41, 5.74) is 0. The van der Waals surface area contributed by atoms with Gasteiger partial charge in [0.25, 0.3) is 0 Å². The molecule has 0 atom stereocenters. The minimum absolute atomic E-state index is 0.209. The fourth-order valence-corrected chi connectivity index (χ4v) is 1.30. The highest BCUT2D eigenvalue weighted by atomic mass is 16.5. The second kappa shape index (κ2) is 5.48. The van der Waals surface area contributed by atoms with Gasteiger partial charge in [-0.05, 0) is 6.42 Å². The molecular weight excluding hydrogens is 198 g/mol. The summed E-state index contributed by atoms with van der Waals surface area (Å²) in [7, 11) is 0. The second-order valence-corrected chi connectivity index (χ2v) is 3.45. The Morgan fingerprint density at radius 3 is 2.47 bits per heavy atom. The Bertz CT molecular complexity index is 259. The van der Waals surface area contributed by atoms with Gasteiger partial charge in [0.1, 0.15) is 6.54 Å². The molecular formula is C10H15NO4. The van der Waals surface area contributed by atoms with E-state index in [-0.39, 0.29) is 31.2 Å². The summed E-state index contributed by atoms with van der Waals surface area (Å²) in [5.74, 6) is -1.08. The number of ether oxygens (including phenoxy) is 1. The Kier molecular flexibility index (Phi) is 4.27. The van der Waals surface area contributed by atoms with E-state index >= 15 is 0 Å². The average molecular weight is 213 g/mol. The van der Waals surface area contributed by atoms with Crippen molar-refractivity contribution in [2.24, 2.45) is 0 Å². The van der Waals surface area contributed by atoms with E-state index in [0.717, 1.165) is 17.7 Å². The highest BCUT2D eigenvalue weighted by Crippen LogP contribution is 2.11. The minimum Gasteiger partial charge on any atom is -0.464 e. The highest BCUT2D eigenvalue weighted by Gasteiger charge is 2.30. The van der Waals surface area contributed by atoms with Crippen LogP contribution < -0.4 is 0 Å². The van der Waals surface area contributed by atoms with E-state index in [1.807, 2.05) is 6.92 Å². The summed E-state index contributed by atoms with van der Waals surface area (Å²) in [6, 6.07) is 0. The third-order valence-corrected chi connectivity index (χ3v) is 2.20. The van der Waals surface area contributed by atoms with E-state index in [9.17, 15) is 14.4 Å². The van der Waals surface area contributed by atoms with Crippen molar-refractivity contribution in [3.8, 4) is 0 Å². The molecule has 2 amide bonds. The van der Waals surface area contributed by atoms with Gasteiger partial charge in [-0.15, -0.1) is 0 Å². The molecule has 5 nitrogen and oxygen atoms in total. The van der Waals surface area contributed by atoms with Crippen LogP contribution in [0.25, 0.3) is 0 Å². The Morgan fingerprint density at radius 1 is 1.33 bits per heavy atom. The van der Waals surface area contributed by atoms with Crippen LogP contribution in [0, 0.1) is 0 Å². The van der Waals surface area contributed by atoms with Crippen molar-refractivity contribution in [2.45, 2.75) is 32.6 Å². The second-order valence-electron chi connectivity index (χ2n) is 3.45. The zero-order chi connectivity index (χ0) is 11.3. The zero-order valence-corrected chi connectivity index (χ0v) is 8.82. The van der Waals surface area contributed by atoms with Crippen molar-refractivity contribution in [1.29, 1.82) is 0 Å². The molecule has 1 rings (SSSR count). The number of hydrogen-bond acceptors (Lipinski definition) is 4. The Morgan fingerprint density at radius 2 is 1.93 bits per heavy atom. The van der Waals surface area contributed by atoms with Gasteiger partial charge in [-0.3, -0.25) is 19.3 Å². The Hall–Kier alpha value is -1.39. The van der Waals surface area contributed by atoms with Crippen molar-refractivity contribution in [1.82, 2.24) is 4.90 Å². The molecule has 0 spiro atoms. The van der Waals surface area contributed by atoms with Gasteiger partial charge in [0.2, 0.25) is 11.8 Å². The number of nitrogens with zero attached hydrogens (tertiary/aromatic N) is 1. The lowest BCUT2D eigenvalue weighted by atomic mass is 10.4. The van der Waals surface area contributed by atoms with E-state index < -0.39 is 5.97 Å². The average Bonchev–Trinajstić information content (AvgIpc) is 2.50. The fourth-order valence-electron chi connectivity index (χ4n) is 1.30. The largest absolute Gasteiger partial charge is 0.464 e. The maximum Gasteiger partial charge on any atom is 0.326 e. The molecule has 5 heteroatoms. The maximum atomic E-state index is 11.2. The predicted molar refractivity (Wildman–Crippen MR) is 51.8 cm³/mol. The minimum atomic E-state index is -0.507. The molecule has 0 aromatic carbocycles. The van der Waals surface area contributed by atoms with Crippen LogP contribution >= 0.6 is 0 Å². The first-order valence-corrected chi connectivity index (χ1v) is 5.14. The molecule has 15 heavy (non-hydrogen) atoms. The molecule has 1 aliphatic heterocycles. The monoisotopic (exact) mass is 213 g/mol. The number of amides is 2. The number of carbonyl (C=O) groups is 3. The van der Waals surface area contributed by atoms with Crippen LogP contribution in [0.1, 0.15) is 32.6 Å². The number of carbonyl (C=O) groups excluding carboxylic acids is 3. The number of likely N-dealkylation sites (tertiary alicyclic amines) is 1. The number of imide groups is 1. The molecule has 0 aromatic heterocycles. The number of rotatable bonds is 5. The molecule has 1 fully saturated rings. The lowest BCUT2D eigenvalue weighted by Gasteiger charge is -2.12. The molecule has 0 bridgehead atoms. The third kappa shape index (κ3) is 3.34. The molecule has 0 N–H and O–H groups in total. The first-order chi connectivity index (χ1) is 7.15. The smallest absolute Gasteiger partial charge is 0.326 e. The normalized spacial score (nSPS) is 15.9. The topological polar surface area (TPSA) is 63.7 Å². The Labute approximate surface area is 88.4 Å². The molecule has 1 aliphatic rings. The lowest BCUT2D eigenvalue weighted by Crippen LogP contribution is -2.35. The molecule has 0 radical (unpaired) electrons. The maximum absolute atomic E-state index is 11.2. The first kappa shape index (κ1) is 11.7. The first-order valence-electron chi connectivity index (χ1n) is 5.14. The van der Waals surface area contributed by atoms with E-state index in [1.54, 1.807) is 0 Å². The van der Waals surface area contributed by atoms with Gasteiger partial charge in [0.15, 0.2) is 0 Å². The van der Waals surface area contributed by atoms with Gasteiger partial charge in [0.05, 0.1) is 6.61 Å². The summed E-state index contributed by atoms with van der Waals surface area (Å²) in [6.45, 7) is 2.11. The van der Waals surface area contributed by atoms with Gasteiger partial charge < -0.3 is 4.74 Å². The van der Waals surface area contributed by atoms with Crippen LogP contribution in [0.4, 0.5) is 0 Å². The SMILES string of the molecule is CCCCOC(=O)CN1C(=O)CCC1=O. The van der Waals surface area contributed by atoms with Crippen molar-refractivity contribution in [3.05, 3.63) is 0 Å². The van der Waals surface area contributed by atoms with Gasteiger partial charge >= 0.3 is 5.97 Å². The van der Waals surface area contributed by atoms with Crippen LogP contribution in [0.5, 0.6) is 0 Å². The molecule has 0 aliphatic carbocycles. The van der Waals surface area contributed by atoms with E-state index in [2.05, 4.69) is 0 Å². The van der Waals surface area contributed by atoms with Crippen LogP contribution in [0.2, 0.25) is 0 Å². The van der Waals surface area contributed by atoms with E-state index in [4.69, 9.17) is 4.74 Å². The quantitative estimate of drug-likeness (QED) is 0.378. The zero-order valence-electron chi connectivity index (χ0n) is 8.82. The van der Waals surface area contributed by atoms with E-state index in [0.29, 0.717) is 6.61 Å². The molecule has 0 unspecified atom stereocenters. The fraction of sp³-hybridized carbons (Fsp3) is 0.700. The molecule has 0 aromatic rings. The van der Waals surface area contributed by atoms with Crippen LogP contribution in [-0.4, -0.2) is 35.8 Å². The molecule has 1 saturated heterocycles. The number of hydrogen-bond donors (Lipinski definition) is 0. The standard InChI is InChI=1S/C10H15NO4/c1-2-3-6-15-10(14)7-11-8(12)4-5-9(11)13/h2-7H2,1H3. The van der Waals surface area contributed by atoms with Crippen molar-refractivity contribution in [2.75, 3.05) is 13.2 Å². The highest BCUT2D eigenvalue weighted by molar-refractivity contribution is 6.04. The van der Waals surface area contributed by atoms with Crippen LogP contribution in [0.15, 0.2) is 0 Å². The van der Waals surface area contributed by atoms with Crippen molar-refractivity contribution >= 4 is 17.8 Å². The van der Waals surface area contributed by atoms with Crippen molar-refractivity contribution in [3.63, 3.8) is 0 Å². The summed E-state index contributed by atoms with van der Waals surface area (Å²) in [4.78, 5) is 34.5. The van der Waals surface area contributed by atoms with Crippen molar-refractivity contribution < 1.29 is 19.1 Å². The van der Waals surface area contributed by atoms with Gasteiger partial charge in [-0.1, -0.05) is 13.3 Å².